The fourth-order valence-corrected chi connectivity index (χ4v) is 4.22. The van der Waals surface area contributed by atoms with Gasteiger partial charge in [-0.1, -0.05) is 6.07 Å². The van der Waals surface area contributed by atoms with Gasteiger partial charge in [-0.3, -0.25) is 9.69 Å². The number of hydrogen-bond acceptors (Lipinski definition) is 3. The Morgan fingerprint density at radius 2 is 1.63 bits per heavy atom. The summed E-state index contributed by atoms with van der Waals surface area (Å²) in [4.78, 5) is 16.7. The molecule has 2 fully saturated rings. The Morgan fingerprint density at radius 3 is 2.30 bits per heavy atom. The van der Waals surface area contributed by atoms with E-state index in [0.717, 1.165) is 63.7 Å². The van der Waals surface area contributed by atoms with Crippen LogP contribution in [0.2, 0.25) is 0 Å². The molecule has 1 amide bonds. The first kappa shape index (κ1) is 20.8. The molecule has 2 aliphatic rings. The zero-order chi connectivity index (χ0) is 20.9. The lowest BCUT2D eigenvalue weighted by molar-refractivity contribution is 0.0724. The van der Waals surface area contributed by atoms with E-state index in [1.165, 1.54) is 18.6 Å². The van der Waals surface area contributed by atoms with Crippen molar-refractivity contribution in [3.8, 4) is 5.75 Å². The summed E-state index contributed by atoms with van der Waals surface area (Å²) in [6, 6.07) is 11.2. The summed E-state index contributed by atoms with van der Waals surface area (Å²) in [7, 11) is 0. The van der Waals surface area contributed by atoms with Crippen molar-refractivity contribution in [2.24, 2.45) is 0 Å². The monoisotopic (exact) mass is 414 g/mol. The Balaban J connectivity index is 1.26. The number of benzene rings is 2. The number of halogens is 2. The Labute approximate surface area is 176 Å². The van der Waals surface area contributed by atoms with Crippen LogP contribution >= 0.6 is 0 Å². The molecule has 4 rings (SSSR count). The van der Waals surface area contributed by atoms with Gasteiger partial charge < -0.3 is 9.64 Å². The minimum Gasteiger partial charge on any atom is -0.490 e. The molecule has 6 heteroatoms. The standard InChI is InChI=1S/C24H28F2N2O2/c25-20-7-4-19(23(26)16-20)17-27-14-10-22(11-15-27)30-21-8-5-18(6-9-21)24(29)28-12-2-1-3-13-28/h4-9,16,22H,1-3,10-15,17H2. The number of nitrogens with zero attached hydrogens (tertiary/aromatic N) is 2. The summed E-state index contributed by atoms with van der Waals surface area (Å²) in [5.41, 5.74) is 1.23. The number of ether oxygens (including phenoxy) is 1. The van der Waals surface area contributed by atoms with Crippen molar-refractivity contribution in [1.82, 2.24) is 9.80 Å². The number of piperidine rings is 2. The predicted molar refractivity (Wildman–Crippen MR) is 111 cm³/mol. The molecule has 2 heterocycles. The molecule has 2 aromatic rings. The maximum Gasteiger partial charge on any atom is 0.253 e. The van der Waals surface area contributed by atoms with Crippen LogP contribution < -0.4 is 4.74 Å². The van der Waals surface area contributed by atoms with Gasteiger partial charge in [-0.25, -0.2) is 8.78 Å². The van der Waals surface area contributed by atoms with Crippen molar-refractivity contribution in [2.75, 3.05) is 26.2 Å². The maximum atomic E-state index is 13.9. The molecule has 0 aliphatic carbocycles. The molecule has 2 aliphatic heterocycles. The Morgan fingerprint density at radius 1 is 0.933 bits per heavy atom. The van der Waals surface area contributed by atoms with Crippen molar-refractivity contribution in [1.29, 1.82) is 0 Å². The second-order valence-corrected chi connectivity index (χ2v) is 8.21. The van der Waals surface area contributed by atoms with Crippen LogP contribution in [-0.2, 0) is 6.54 Å². The average Bonchev–Trinajstić information content (AvgIpc) is 2.78. The second kappa shape index (κ2) is 9.56. The summed E-state index contributed by atoms with van der Waals surface area (Å²) >= 11 is 0. The van der Waals surface area contributed by atoms with Crippen molar-refractivity contribution in [3.05, 3.63) is 65.2 Å². The van der Waals surface area contributed by atoms with E-state index in [0.29, 0.717) is 17.7 Å². The third-order valence-electron chi connectivity index (χ3n) is 5.99. The Hall–Kier alpha value is -2.47. The highest BCUT2D eigenvalue weighted by atomic mass is 19.1. The number of likely N-dealkylation sites (tertiary alicyclic amines) is 2. The molecule has 2 aromatic carbocycles. The van der Waals surface area contributed by atoms with Gasteiger partial charge in [-0.15, -0.1) is 0 Å². The third-order valence-corrected chi connectivity index (χ3v) is 5.99. The van der Waals surface area contributed by atoms with Crippen LogP contribution in [-0.4, -0.2) is 48.0 Å². The van der Waals surface area contributed by atoms with Gasteiger partial charge in [-0.05, 0) is 62.4 Å². The average molecular weight is 414 g/mol. The number of hydrogen-bond donors (Lipinski definition) is 0. The van der Waals surface area contributed by atoms with Crippen LogP contribution in [0.15, 0.2) is 42.5 Å². The van der Waals surface area contributed by atoms with Crippen LogP contribution in [0.3, 0.4) is 0 Å². The van der Waals surface area contributed by atoms with Gasteiger partial charge in [0, 0.05) is 49.9 Å². The van der Waals surface area contributed by atoms with Crippen LogP contribution in [0, 0.1) is 11.6 Å². The summed E-state index contributed by atoms with van der Waals surface area (Å²) in [5, 5.41) is 0. The van der Waals surface area contributed by atoms with E-state index in [-0.39, 0.29) is 12.0 Å². The van der Waals surface area contributed by atoms with Crippen LogP contribution in [0.25, 0.3) is 0 Å². The number of rotatable bonds is 5. The van der Waals surface area contributed by atoms with Gasteiger partial charge in [0.05, 0.1) is 0 Å². The first-order valence-corrected chi connectivity index (χ1v) is 10.8. The summed E-state index contributed by atoms with van der Waals surface area (Å²) in [6.45, 7) is 3.77. The second-order valence-electron chi connectivity index (χ2n) is 8.21. The SMILES string of the molecule is O=C(c1ccc(OC2CCN(Cc3ccc(F)cc3F)CC2)cc1)N1CCCCC1. The lowest BCUT2D eigenvalue weighted by Gasteiger charge is -2.32. The molecule has 0 spiro atoms. The van der Waals surface area contributed by atoms with Crippen LogP contribution in [0.1, 0.15) is 48.0 Å². The van der Waals surface area contributed by atoms with Crippen molar-refractivity contribution in [2.45, 2.75) is 44.8 Å². The van der Waals surface area contributed by atoms with E-state index in [9.17, 15) is 13.6 Å². The fourth-order valence-electron chi connectivity index (χ4n) is 4.22. The predicted octanol–water partition coefficient (Wildman–Crippen LogP) is 4.63. The number of carbonyl (C=O) groups is 1. The topological polar surface area (TPSA) is 32.8 Å². The van der Waals surface area contributed by atoms with Gasteiger partial charge in [-0.2, -0.15) is 0 Å². The molecule has 0 N–H and O–H groups in total. The van der Waals surface area contributed by atoms with E-state index < -0.39 is 11.6 Å². The summed E-state index contributed by atoms with van der Waals surface area (Å²) in [5.74, 6) is -0.171. The lowest BCUT2D eigenvalue weighted by Crippen LogP contribution is -2.38. The van der Waals surface area contributed by atoms with Crippen molar-refractivity contribution >= 4 is 5.91 Å². The van der Waals surface area contributed by atoms with Gasteiger partial charge in [0.25, 0.3) is 5.91 Å². The molecular formula is C24H28F2N2O2. The largest absolute Gasteiger partial charge is 0.490 e. The van der Waals surface area contributed by atoms with Gasteiger partial charge in [0.15, 0.2) is 0 Å². The molecule has 160 valence electrons. The highest BCUT2D eigenvalue weighted by Gasteiger charge is 2.22. The summed E-state index contributed by atoms with van der Waals surface area (Å²) in [6.07, 6.45) is 5.16. The molecule has 0 bridgehead atoms. The molecule has 0 unspecified atom stereocenters. The highest BCUT2D eigenvalue weighted by molar-refractivity contribution is 5.94. The zero-order valence-corrected chi connectivity index (χ0v) is 17.2. The molecule has 4 nitrogen and oxygen atoms in total. The Bertz CT molecular complexity index is 858. The molecular weight excluding hydrogens is 386 g/mol. The van der Waals surface area contributed by atoms with E-state index in [2.05, 4.69) is 4.90 Å². The third kappa shape index (κ3) is 5.17. The summed E-state index contributed by atoms with van der Waals surface area (Å²) < 4.78 is 33.0. The first-order chi connectivity index (χ1) is 14.6. The van der Waals surface area contributed by atoms with Gasteiger partial charge in [0.2, 0.25) is 0 Å². The molecule has 0 radical (unpaired) electrons. The van der Waals surface area contributed by atoms with Crippen LogP contribution in [0.5, 0.6) is 5.75 Å². The highest BCUT2D eigenvalue weighted by Crippen LogP contribution is 2.22. The quantitative estimate of drug-likeness (QED) is 0.715. The van der Waals surface area contributed by atoms with E-state index in [1.54, 1.807) is 0 Å². The molecule has 2 saturated heterocycles. The van der Waals surface area contributed by atoms with Crippen LogP contribution in [0.4, 0.5) is 8.78 Å². The molecule has 30 heavy (non-hydrogen) atoms. The van der Waals surface area contributed by atoms with Gasteiger partial charge in [0.1, 0.15) is 23.5 Å². The minimum atomic E-state index is -0.549. The molecule has 0 aromatic heterocycles. The minimum absolute atomic E-state index is 0.0996. The Kier molecular flexibility index (Phi) is 6.62. The molecule has 0 saturated carbocycles. The first-order valence-electron chi connectivity index (χ1n) is 10.8. The van der Waals surface area contributed by atoms with Crippen molar-refractivity contribution in [3.63, 3.8) is 0 Å². The number of carbonyl (C=O) groups excluding carboxylic acids is 1. The maximum absolute atomic E-state index is 13.9. The smallest absolute Gasteiger partial charge is 0.253 e. The number of amides is 1. The van der Waals surface area contributed by atoms with E-state index in [1.807, 2.05) is 29.2 Å². The normalized spacial score (nSPS) is 18.4. The van der Waals surface area contributed by atoms with E-state index >= 15 is 0 Å². The molecule has 0 atom stereocenters. The lowest BCUT2D eigenvalue weighted by atomic mass is 10.1. The van der Waals surface area contributed by atoms with E-state index in [4.69, 9.17) is 4.74 Å². The van der Waals surface area contributed by atoms with Gasteiger partial charge >= 0.3 is 0 Å². The fraction of sp³-hybridized carbons (Fsp3) is 0.458. The van der Waals surface area contributed by atoms with Crippen molar-refractivity contribution < 1.29 is 18.3 Å². The zero-order valence-electron chi connectivity index (χ0n) is 17.2.